The number of imidazole rings is 1. The maximum Gasteiger partial charge on any atom is 0.162 e. The van der Waals surface area contributed by atoms with Gasteiger partial charge in [-0.3, -0.25) is 4.40 Å². The molecule has 2 aromatic carbocycles. The van der Waals surface area contributed by atoms with Crippen LogP contribution in [0.25, 0.3) is 16.9 Å². The fourth-order valence-electron chi connectivity index (χ4n) is 3.05. The van der Waals surface area contributed by atoms with E-state index in [2.05, 4.69) is 26.2 Å². The van der Waals surface area contributed by atoms with E-state index in [1.54, 1.807) is 27.5 Å². The first-order valence-corrected chi connectivity index (χ1v) is 9.59. The number of fused-ring (bicyclic) bond motifs is 1. The Bertz CT molecular complexity index is 1160. The summed E-state index contributed by atoms with van der Waals surface area (Å²) in [6.45, 7) is 0. The molecule has 4 rings (SSSR count). The van der Waals surface area contributed by atoms with E-state index in [0.29, 0.717) is 16.1 Å². The van der Waals surface area contributed by atoms with Crippen molar-refractivity contribution in [2.24, 2.45) is 0 Å². The minimum Gasteiger partial charge on any atom is -0.497 e. The number of benzene rings is 2. The van der Waals surface area contributed by atoms with Gasteiger partial charge < -0.3 is 19.5 Å². The van der Waals surface area contributed by atoms with E-state index in [0.717, 1.165) is 34.2 Å². The van der Waals surface area contributed by atoms with E-state index in [4.69, 9.17) is 19.2 Å². The number of methoxy groups -OCH3 is 3. The smallest absolute Gasteiger partial charge is 0.162 e. The highest BCUT2D eigenvalue weighted by Gasteiger charge is 2.16. The number of aromatic nitrogens is 3. The van der Waals surface area contributed by atoms with Gasteiger partial charge in [0, 0.05) is 23.5 Å². The Morgan fingerprint density at radius 3 is 2.38 bits per heavy atom. The van der Waals surface area contributed by atoms with Gasteiger partial charge in [0.2, 0.25) is 0 Å². The quantitative estimate of drug-likeness (QED) is 0.445. The third-order valence-electron chi connectivity index (χ3n) is 4.49. The first-order chi connectivity index (χ1) is 14.1. The van der Waals surface area contributed by atoms with Crippen molar-refractivity contribution in [3.8, 4) is 28.5 Å². The van der Waals surface area contributed by atoms with Crippen LogP contribution in [0.5, 0.6) is 17.2 Å². The highest BCUT2D eigenvalue weighted by molar-refractivity contribution is 9.10. The number of hydrogen-bond donors (Lipinski definition) is 1. The molecule has 0 aliphatic rings. The lowest BCUT2D eigenvalue weighted by atomic mass is 10.1. The molecule has 8 heteroatoms. The first kappa shape index (κ1) is 19.1. The number of nitrogens with zero attached hydrogens (tertiary/aromatic N) is 3. The van der Waals surface area contributed by atoms with Crippen molar-refractivity contribution in [3.05, 3.63) is 59.5 Å². The summed E-state index contributed by atoms with van der Waals surface area (Å²) in [4.78, 5) is 9.06. The molecule has 4 aromatic rings. The molecule has 7 nitrogen and oxygen atoms in total. The molecule has 0 unspecified atom stereocenters. The van der Waals surface area contributed by atoms with Gasteiger partial charge in [-0.15, -0.1) is 0 Å². The molecular formula is C21H19BrN4O3. The van der Waals surface area contributed by atoms with Gasteiger partial charge in [-0.1, -0.05) is 0 Å². The third-order valence-corrected chi connectivity index (χ3v) is 4.90. The fourth-order valence-corrected chi connectivity index (χ4v) is 3.36. The number of rotatable bonds is 6. The summed E-state index contributed by atoms with van der Waals surface area (Å²) >= 11 is 3.44. The zero-order valence-electron chi connectivity index (χ0n) is 16.1. The highest BCUT2D eigenvalue weighted by Crippen LogP contribution is 2.35. The lowest BCUT2D eigenvalue weighted by Gasteiger charge is -2.12. The monoisotopic (exact) mass is 454 g/mol. The molecule has 0 amide bonds. The van der Waals surface area contributed by atoms with E-state index in [9.17, 15) is 0 Å². The topological polar surface area (TPSA) is 69.9 Å². The Hall–Kier alpha value is -3.26. The zero-order valence-corrected chi connectivity index (χ0v) is 17.7. The summed E-state index contributed by atoms with van der Waals surface area (Å²) < 4.78 is 18.7. The second kappa shape index (κ2) is 8.00. The predicted octanol–water partition coefficient (Wildman–Crippen LogP) is 4.93. The molecule has 0 atom stereocenters. The molecule has 1 N–H and O–H groups in total. The number of nitrogens with one attached hydrogen (secondary N) is 1. The van der Waals surface area contributed by atoms with Gasteiger partial charge in [0.25, 0.3) is 0 Å². The van der Waals surface area contributed by atoms with Crippen molar-refractivity contribution in [2.75, 3.05) is 26.6 Å². The van der Waals surface area contributed by atoms with Crippen LogP contribution in [0.15, 0.2) is 59.5 Å². The van der Waals surface area contributed by atoms with E-state index in [-0.39, 0.29) is 0 Å². The summed E-state index contributed by atoms with van der Waals surface area (Å²) in [5.41, 5.74) is 3.31. The normalized spacial score (nSPS) is 10.8. The summed E-state index contributed by atoms with van der Waals surface area (Å²) in [5, 5.41) is 3.46. The van der Waals surface area contributed by atoms with Crippen molar-refractivity contribution in [1.29, 1.82) is 0 Å². The van der Waals surface area contributed by atoms with Crippen molar-refractivity contribution < 1.29 is 14.2 Å². The summed E-state index contributed by atoms with van der Waals surface area (Å²) in [7, 11) is 4.87. The van der Waals surface area contributed by atoms with E-state index >= 15 is 0 Å². The van der Waals surface area contributed by atoms with Crippen molar-refractivity contribution in [3.63, 3.8) is 0 Å². The summed E-state index contributed by atoms with van der Waals surface area (Å²) in [5.74, 6) is 2.90. The molecule has 148 valence electrons. The second-order valence-electron chi connectivity index (χ2n) is 6.17. The zero-order chi connectivity index (χ0) is 20.4. The summed E-state index contributed by atoms with van der Waals surface area (Å²) in [6.07, 6.45) is 3.59. The van der Waals surface area contributed by atoms with Crippen LogP contribution in [-0.4, -0.2) is 35.7 Å². The van der Waals surface area contributed by atoms with Crippen LogP contribution in [0.1, 0.15) is 0 Å². The molecule has 2 aromatic heterocycles. The third kappa shape index (κ3) is 3.71. The van der Waals surface area contributed by atoms with Crippen LogP contribution in [0.3, 0.4) is 0 Å². The molecule has 0 bridgehead atoms. The Kier molecular flexibility index (Phi) is 5.26. The van der Waals surface area contributed by atoms with Crippen molar-refractivity contribution >= 4 is 33.1 Å². The molecular weight excluding hydrogens is 436 g/mol. The molecule has 0 aliphatic heterocycles. The van der Waals surface area contributed by atoms with Crippen LogP contribution in [0.2, 0.25) is 0 Å². The summed E-state index contributed by atoms with van der Waals surface area (Å²) in [6, 6.07) is 13.4. The largest absolute Gasteiger partial charge is 0.497 e. The molecule has 29 heavy (non-hydrogen) atoms. The van der Waals surface area contributed by atoms with Crippen LogP contribution in [0, 0.1) is 0 Å². The van der Waals surface area contributed by atoms with Crippen molar-refractivity contribution in [2.45, 2.75) is 0 Å². The fraction of sp³-hybridized carbons (Fsp3) is 0.143. The predicted molar refractivity (Wildman–Crippen MR) is 116 cm³/mol. The first-order valence-electron chi connectivity index (χ1n) is 8.80. The van der Waals surface area contributed by atoms with Gasteiger partial charge in [-0.05, 0) is 52.3 Å². The number of halogens is 1. The van der Waals surface area contributed by atoms with Gasteiger partial charge in [0.05, 0.1) is 27.5 Å². The lowest BCUT2D eigenvalue weighted by molar-refractivity contribution is 0.355. The molecule has 2 heterocycles. The Balaban J connectivity index is 1.84. The molecule has 0 saturated heterocycles. The van der Waals surface area contributed by atoms with Crippen molar-refractivity contribution in [1.82, 2.24) is 14.4 Å². The van der Waals surface area contributed by atoms with Crippen LogP contribution in [-0.2, 0) is 0 Å². The lowest BCUT2D eigenvalue weighted by Crippen LogP contribution is -1.99. The van der Waals surface area contributed by atoms with E-state index in [1.165, 1.54) is 0 Å². The van der Waals surface area contributed by atoms with Crippen LogP contribution >= 0.6 is 15.9 Å². The maximum absolute atomic E-state index is 5.42. The van der Waals surface area contributed by atoms with Gasteiger partial charge >= 0.3 is 0 Å². The van der Waals surface area contributed by atoms with Gasteiger partial charge in [0.1, 0.15) is 21.9 Å². The van der Waals surface area contributed by atoms with Gasteiger partial charge in [-0.25, -0.2) is 9.97 Å². The van der Waals surface area contributed by atoms with Crippen LogP contribution in [0.4, 0.5) is 11.5 Å². The standard InChI is InChI=1S/C21H19BrN4O3/c1-27-15-7-4-13(5-8-15)20-21(26-12-18(22)23-11-19(26)25-20)24-14-6-9-16(28-2)17(10-14)29-3/h4-12,24H,1-3H3. The minimum atomic E-state index is 0.639. The number of hydrogen-bond acceptors (Lipinski definition) is 6. The minimum absolute atomic E-state index is 0.639. The molecule has 0 aliphatic carbocycles. The van der Waals surface area contributed by atoms with E-state index < -0.39 is 0 Å². The average molecular weight is 455 g/mol. The molecule has 0 fully saturated rings. The number of anilines is 2. The molecule has 0 saturated carbocycles. The Labute approximate surface area is 176 Å². The SMILES string of the molecule is COc1ccc(-c2nc3cnc(Br)cn3c2Nc2ccc(OC)c(OC)c2)cc1. The average Bonchev–Trinajstić information content (AvgIpc) is 3.11. The number of ether oxygens (including phenoxy) is 3. The Morgan fingerprint density at radius 1 is 0.931 bits per heavy atom. The Morgan fingerprint density at radius 2 is 1.69 bits per heavy atom. The highest BCUT2D eigenvalue weighted by atomic mass is 79.9. The van der Waals surface area contributed by atoms with Gasteiger partial charge in [-0.2, -0.15) is 0 Å². The molecule has 0 radical (unpaired) electrons. The van der Waals surface area contributed by atoms with Crippen LogP contribution < -0.4 is 19.5 Å². The van der Waals surface area contributed by atoms with E-state index in [1.807, 2.05) is 53.1 Å². The maximum atomic E-state index is 5.42. The molecule has 0 spiro atoms. The van der Waals surface area contributed by atoms with Gasteiger partial charge in [0.15, 0.2) is 17.1 Å². The second-order valence-corrected chi connectivity index (χ2v) is 6.98.